The lowest BCUT2D eigenvalue weighted by atomic mass is 9.97. The lowest BCUT2D eigenvalue weighted by Crippen LogP contribution is -2.54. The van der Waals surface area contributed by atoms with Gasteiger partial charge < -0.3 is 19.7 Å². The molecule has 0 aliphatic rings. The minimum atomic E-state index is -0.807. The summed E-state index contributed by atoms with van der Waals surface area (Å²) in [6.07, 6.45) is -0.00450. The Balaban J connectivity index is 2.78. The highest BCUT2D eigenvalue weighted by molar-refractivity contribution is 5.89. The Morgan fingerprint density at radius 2 is 1.69 bits per heavy atom. The number of alkyl carbamates (subject to hydrolysis) is 1. The molecular weight excluding hydrogens is 372 g/mol. The molecule has 0 aliphatic heterocycles. The molecule has 0 fully saturated rings. The fourth-order valence-corrected chi connectivity index (χ4v) is 2.53. The molecule has 0 spiro atoms. The lowest BCUT2D eigenvalue weighted by molar-refractivity contribution is -0.163. The van der Waals surface area contributed by atoms with E-state index in [1.54, 1.807) is 27.7 Å². The van der Waals surface area contributed by atoms with Crippen molar-refractivity contribution in [1.82, 2.24) is 10.2 Å². The zero-order chi connectivity index (χ0) is 22.2. The molecule has 1 N–H and O–H groups in total. The summed E-state index contributed by atoms with van der Waals surface area (Å²) in [7, 11) is 1.53. The van der Waals surface area contributed by atoms with Gasteiger partial charge in [-0.1, -0.05) is 50.6 Å². The van der Waals surface area contributed by atoms with Crippen LogP contribution in [0.15, 0.2) is 30.3 Å². The number of ether oxygens (including phenoxy) is 2. The second-order valence-electron chi connectivity index (χ2n) is 8.23. The number of nitrogens with zero attached hydrogens (tertiary/aromatic N) is 1. The molecule has 29 heavy (non-hydrogen) atoms. The molecule has 0 unspecified atom stereocenters. The van der Waals surface area contributed by atoms with E-state index in [-0.39, 0.29) is 18.4 Å². The van der Waals surface area contributed by atoms with Crippen LogP contribution in [0.5, 0.6) is 0 Å². The van der Waals surface area contributed by atoms with Gasteiger partial charge in [0.1, 0.15) is 24.3 Å². The average molecular weight is 407 g/mol. The van der Waals surface area contributed by atoms with Gasteiger partial charge in [-0.05, 0) is 39.2 Å². The van der Waals surface area contributed by atoms with Crippen molar-refractivity contribution in [3.05, 3.63) is 35.9 Å². The monoisotopic (exact) mass is 406 g/mol. The van der Waals surface area contributed by atoms with Crippen molar-refractivity contribution >= 4 is 18.0 Å². The minimum absolute atomic E-state index is 0.109. The summed E-state index contributed by atoms with van der Waals surface area (Å²) < 4.78 is 10.6. The molecule has 1 rings (SSSR count). The number of hydrogen-bond acceptors (Lipinski definition) is 5. The summed E-state index contributed by atoms with van der Waals surface area (Å²) in [6.45, 7) is 10.8. The highest BCUT2D eigenvalue weighted by Gasteiger charge is 2.34. The topological polar surface area (TPSA) is 84.9 Å². The Bertz CT molecular complexity index is 684. The largest absolute Gasteiger partial charge is 0.458 e. The minimum Gasteiger partial charge on any atom is -0.458 e. The smallest absolute Gasteiger partial charge is 0.408 e. The van der Waals surface area contributed by atoms with Crippen LogP contribution in [0.1, 0.15) is 53.5 Å². The summed E-state index contributed by atoms with van der Waals surface area (Å²) in [5, 5.41) is 2.66. The molecule has 0 aromatic heterocycles. The third-order valence-electron chi connectivity index (χ3n) is 4.64. The lowest BCUT2D eigenvalue weighted by Gasteiger charge is -2.32. The second kappa shape index (κ2) is 10.8. The molecule has 3 atom stereocenters. The van der Waals surface area contributed by atoms with Gasteiger partial charge in [0.25, 0.3) is 0 Å². The summed E-state index contributed by atoms with van der Waals surface area (Å²) in [4.78, 5) is 38.9. The van der Waals surface area contributed by atoms with E-state index in [2.05, 4.69) is 5.32 Å². The van der Waals surface area contributed by atoms with Crippen LogP contribution in [-0.2, 0) is 25.7 Å². The summed E-state index contributed by atoms with van der Waals surface area (Å²) in [5.41, 5.74) is 0.204. The number of nitrogens with one attached hydrogen (secondary N) is 1. The van der Waals surface area contributed by atoms with Gasteiger partial charge in [0.05, 0.1) is 0 Å². The van der Waals surface area contributed by atoms with Gasteiger partial charge in [-0.3, -0.25) is 4.79 Å². The van der Waals surface area contributed by atoms with E-state index in [4.69, 9.17) is 9.47 Å². The molecule has 7 heteroatoms. The maximum atomic E-state index is 13.0. The first-order valence-corrected chi connectivity index (χ1v) is 9.93. The van der Waals surface area contributed by atoms with Crippen molar-refractivity contribution < 1.29 is 23.9 Å². The number of likely N-dealkylation sites (N-methyl/N-ethyl adjacent to an activating group) is 1. The number of hydrogen-bond donors (Lipinski definition) is 1. The number of carbonyl (C=O) groups is 3. The molecule has 0 bridgehead atoms. The number of benzene rings is 1. The zero-order valence-corrected chi connectivity index (χ0v) is 18.5. The molecular formula is C22H34N2O5. The first-order valence-electron chi connectivity index (χ1n) is 9.93. The van der Waals surface area contributed by atoms with Crippen molar-refractivity contribution in [2.45, 2.75) is 72.3 Å². The highest BCUT2D eigenvalue weighted by atomic mass is 16.6. The molecule has 0 radical (unpaired) electrons. The van der Waals surface area contributed by atoms with Crippen molar-refractivity contribution in [2.75, 3.05) is 7.05 Å². The van der Waals surface area contributed by atoms with Crippen molar-refractivity contribution in [1.29, 1.82) is 0 Å². The predicted molar refractivity (Wildman–Crippen MR) is 111 cm³/mol. The van der Waals surface area contributed by atoms with E-state index in [0.29, 0.717) is 6.42 Å². The molecule has 0 saturated carbocycles. The van der Waals surface area contributed by atoms with Gasteiger partial charge in [0.15, 0.2) is 0 Å². The number of rotatable bonds is 8. The fraction of sp³-hybridized carbons (Fsp3) is 0.591. The van der Waals surface area contributed by atoms with Crippen LogP contribution in [0, 0.1) is 5.92 Å². The predicted octanol–water partition coefficient (Wildman–Crippen LogP) is 3.52. The normalized spacial score (nSPS) is 14.3. The third kappa shape index (κ3) is 8.13. The second-order valence-corrected chi connectivity index (χ2v) is 8.23. The number of carbonyl (C=O) groups excluding carboxylic acids is 3. The first-order chi connectivity index (χ1) is 13.5. The van der Waals surface area contributed by atoms with E-state index >= 15 is 0 Å². The Kier molecular flexibility index (Phi) is 9.14. The molecule has 0 heterocycles. The molecule has 2 amide bonds. The van der Waals surface area contributed by atoms with Crippen molar-refractivity contribution in [2.24, 2.45) is 5.92 Å². The molecule has 0 aliphatic carbocycles. The maximum absolute atomic E-state index is 13.0. The van der Waals surface area contributed by atoms with E-state index < -0.39 is 29.7 Å². The van der Waals surface area contributed by atoms with Gasteiger partial charge >= 0.3 is 12.1 Å². The quantitative estimate of drug-likeness (QED) is 0.668. The van der Waals surface area contributed by atoms with Crippen LogP contribution in [0.2, 0.25) is 0 Å². The fourth-order valence-electron chi connectivity index (χ4n) is 2.53. The van der Waals surface area contributed by atoms with E-state index in [9.17, 15) is 14.4 Å². The maximum Gasteiger partial charge on any atom is 0.408 e. The zero-order valence-electron chi connectivity index (χ0n) is 18.5. The van der Waals surface area contributed by atoms with Crippen LogP contribution >= 0.6 is 0 Å². The van der Waals surface area contributed by atoms with Crippen LogP contribution in [0.3, 0.4) is 0 Å². The van der Waals surface area contributed by atoms with Crippen LogP contribution in [-0.4, -0.2) is 47.6 Å². The van der Waals surface area contributed by atoms with Gasteiger partial charge in [-0.25, -0.2) is 9.59 Å². The molecule has 7 nitrogen and oxygen atoms in total. The molecule has 1 aromatic carbocycles. The number of esters is 1. The van der Waals surface area contributed by atoms with Crippen LogP contribution in [0.4, 0.5) is 4.79 Å². The van der Waals surface area contributed by atoms with Crippen molar-refractivity contribution in [3.63, 3.8) is 0 Å². The van der Waals surface area contributed by atoms with Gasteiger partial charge in [0, 0.05) is 7.05 Å². The van der Waals surface area contributed by atoms with E-state index in [1.165, 1.54) is 11.9 Å². The SMILES string of the molecule is CC[C@H](C)[C@H](NC(=O)OCc1ccccc1)C(=O)N(C)[C@@H](C)C(=O)OC(C)(C)C. The first kappa shape index (κ1) is 24.5. The Morgan fingerprint density at radius 1 is 1.10 bits per heavy atom. The molecule has 1 aromatic rings. The van der Waals surface area contributed by atoms with Crippen LogP contribution < -0.4 is 5.32 Å². The standard InChI is InChI=1S/C22H34N2O5/c1-8-15(2)18(23-21(27)28-14-17-12-10-9-11-13-17)19(25)24(7)16(3)20(26)29-22(4,5)6/h9-13,15-16,18H,8,14H2,1-7H3,(H,23,27)/t15-,16-,18-/m0/s1. The van der Waals surface area contributed by atoms with E-state index in [1.807, 2.05) is 44.2 Å². The van der Waals surface area contributed by atoms with Crippen LogP contribution in [0.25, 0.3) is 0 Å². The summed E-state index contributed by atoms with van der Waals surface area (Å²) in [5.74, 6) is -1.00. The Morgan fingerprint density at radius 3 is 2.21 bits per heavy atom. The van der Waals surface area contributed by atoms with E-state index in [0.717, 1.165) is 5.56 Å². The third-order valence-corrected chi connectivity index (χ3v) is 4.64. The van der Waals surface area contributed by atoms with Gasteiger partial charge in [0.2, 0.25) is 5.91 Å². The molecule has 0 saturated heterocycles. The van der Waals surface area contributed by atoms with Crippen molar-refractivity contribution in [3.8, 4) is 0 Å². The Labute approximate surface area is 173 Å². The Hall–Kier alpha value is -2.57. The van der Waals surface area contributed by atoms with Gasteiger partial charge in [-0.15, -0.1) is 0 Å². The highest BCUT2D eigenvalue weighted by Crippen LogP contribution is 2.15. The summed E-state index contributed by atoms with van der Waals surface area (Å²) in [6, 6.07) is 7.70. The molecule has 162 valence electrons. The summed E-state index contributed by atoms with van der Waals surface area (Å²) >= 11 is 0. The number of amides is 2. The average Bonchev–Trinajstić information content (AvgIpc) is 2.67. The van der Waals surface area contributed by atoms with Gasteiger partial charge in [-0.2, -0.15) is 0 Å².